The molecule has 0 aliphatic carbocycles. The number of aromatic nitrogens is 5. The lowest BCUT2D eigenvalue weighted by Crippen LogP contribution is -2.24. The van der Waals surface area contributed by atoms with Crippen LogP contribution in [0.5, 0.6) is 0 Å². The third kappa shape index (κ3) is 5.45. The summed E-state index contributed by atoms with van der Waals surface area (Å²) < 4.78 is 41.6. The van der Waals surface area contributed by atoms with Crippen LogP contribution < -0.4 is 0 Å². The van der Waals surface area contributed by atoms with E-state index in [1.165, 1.54) is 12.1 Å². The number of benzene rings is 1. The van der Waals surface area contributed by atoms with Crippen LogP contribution in [0.2, 0.25) is 0 Å². The second-order valence-corrected chi connectivity index (χ2v) is 10.6. The maximum Gasteiger partial charge on any atom is 0.261 e. The van der Waals surface area contributed by atoms with Gasteiger partial charge in [-0.05, 0) is 66.4 Å². The van der Waals surface area contributed by atoms with Crippen molar-refractivity contribution in [3.63, 3.8) is 0 Å². The van der Waals surface area contributed by atoms with Crippen molar-refractivity contribution < 1.29 is 13.2 Å². The molecular weight excluding hydrogens is 525 g/mol. The topological polar surface area (TPSA) is 73.5 Å². The van der Waals surface area contributed by atoms with Gasteiger partial charge < -0.3 is 4.98 Å². The highest BCUT2D eigenvalue weighted by atomic mass is 19.3. The maximum atomic E-state index is 14.3. The lowest BCUT2D eigenvalue weighted by Gasteiger charge is -2.15. The second-order valence-electron chi connectivity index (χ2n) is 10.6. The van der Waals surface area contributed by atoms with Gasteiger partial charge in [0.25, 0.3) is 5.92 Å². The molecule has 0 radical (unpaired) electrons. The minimum absolute atomic E-state index is 0.117. The normalized spacial score (nSPS) is 15.6. The largest absolute Gasteiger partial charge is 0.357 e. The van der Waals surface area contributed by atoms with Crippen LogP contribution in [0.25, 0.3) is 39.1 Å². The quantitative estimate of drug-likeness (QED) is 0.208. The van der Waals surface area contributed by atoms with Crippen LogP contribution >= 0.6 is 0 Å². The zero-order chi connectivity index (χ0) is 28.7. The molecule has 6 nitrogen and oxygen atoms in total. The first-order valence-corrected chi connectivity index (χ1v) is 13.4. The molecule has 1 aromatic carbocycles. The van der Waals surface area contributed by atoms with Gasteiger partial charge in [0.2, 0.25) is 0 Å². The number of halogens is 3. The van der Waals surface area contributed by atoms with Crippen LogP contribution in [0.15, 0.2) is 73.7 Å². The molecule has 0 spiro atoms. The number of nitrogens with one attached hydrogen (secondary N) is 2. The Morgan fingerprint density at radius 1 is 1.10 bits per heavy atom. The van der Waals surface area contributed by atoms with Gasteiger partial charge in [0.1, 0.15) is 11.5 Å². The van der Waals surface area contributed by atoms with Gasteiger partial charge in [-0.3, -0.25) is 20.0 Å². The summed E-state index contributed by atoms with van der Waals surface area (Å²) in [6.07, 6.45) is 8.61. The number of allylic oxidation sites excluding steroid dienone is 2. The van der Waals surface area contributed by atoms with Crippen molar-refractivity contribution in [3.8, 4) is 22.6 Å². The Hall–Kier alpha value is -4.50. The summed E-state index contributed by atoms with van der Waals surface area (Å²) in [5.74, 6) is -2.93. The first-order chi connectivity index (χ1) is 19.7. The van der Waals surface area contributed by atoms with E-state index in [4.69, 9.17) is 0 Å². The lowest BCUT2D eigenvalue weighted by atomic mass is 9.96. The number of nitrogens with zero attached hydrogens (tertiary/aromatic N) is 4. The van der Waals surface area contributed by atoms with Gasteiger partial charge in [-0.1, -0.05) is 24.8 Å². The van der Waals surface area contributed by atoms with Gasteiger partial charge in [-0.25, -0.2) is 13.2 Å². The molecule has 1 fully saturated rings. The van der Waals surface area contributed by atoms with E-state index in [-0.39, 0.29) is 18.8 Å². The smallest absolute Gasteiger partial charge is 0.261 e. The van der Waals surface area contributed by atoms with Crippen LogP contribution in [-0.2, 0) is 6.54 Å². The molecule has 1 saturated heterocycles. The van der Waals surface area contributed by atoms with E-state index in [0.717, 1.165) is 61.4 Å². The Kier molecular flexibility index (Phi) is 6.83. The van der Waals surface area contributed by atoms with Gasteiger partial charge in [0, 0.05) is 54.1 Å². The van der Waals surface area contributed by atoms with Crippen molar-refractivity contribution in [2.75, 3.05) is 13.1 Å². The van der Waals surface area contributed by atoms with Crippen molar-refractivity contribution in [1.82, 2.24) is 30.0 Å². The lowest BCUT2D eigenvalue weighted by molar-refractivity contribution is 0.0115. The number of aryl methyl sites for hydroxylation is 2. The summed E-state index contributed by atoms with van der Waals surface area (Å²) in [6, 6.07) is 10.9. The monoisotopic (exact) mass is 554 g/mol. The molecule has 41 heavy (non-hydrogen) atoms. The number of H-pyrrole nitrogens is 2. The summed E-state index contributed by atoms with van der Waals surface area (Å²) >= 11 is 0. The summed E-state index contributed by atoms with van der Waals surface area (Å²) in [4.78, 5) is 14.1. The van der Waals surface area contributed by atoms with Crippen LogP contribution in [0.4, 0.5) is 13.2 Å². The number of aromatic amines is 2. The highest BCUT2D eigenvalue weighted by Crippen LogP contribution is 2.34. The van der Waals surface area contributed by atoms with Crippen LogP contribution in [0, 0.1) is 19.7 Å². The van der Waals surface area contributed by atoms with E-state index < -0.39 is 5.92 Å². The van der Waals surface area contributed by atoms with Crippen molar-refractivity contribution >= 4 is 16.5 Å². The predicted molar refractivity (Wildman–Crippen MR) is 155 cm³/mol. The average molecular weight is 555 g/mol. The number of rotatable bonds is 7. The Labute approximate surface area is 235 Å². The molecule has 1 aliphatic heterocycles. The first-order valence-electron chi connectivity index (χ1n) is 13.4. The van der Waals surface area contributed by atoms with Crippen LogP contribution in [-0.4, -0.2) is 49.1 Å². The SMILES string of the molecule is C=C/C=C(/c1cc(C)cc(F)c1)c1cc(-c2n[nH]c3cnc(-c4cncc(CN5CCC(F)(F)C5)c4)cc23)[nH]c1C. The molecule has 4 aromatic heterocycles. The average Bonchev–Trinajstić information content (AvgIpc) is 3.62. The van der Waals surface area contributed by atoms with Crippen LogP contribution in [0.3, 0.4) is 0 Å². The Morgan fingerprint density at radius 2 is 1.95 bits per heavy atom. The number of pyridine rings is 2. The van der Waals surface area contributed by atoms with E-state index in [2.05, 4.69) is 31.7 Å². The van der Waals surface area contributed by atoms with Crippen molar-refractivity contribution in [2.45, 2.75) is 32.7 Å². The van der Waals surface area contributed by atoms with E-state index in [1.807, 2.05) is 44.2 Å². The summed E-state index contributed by atoms with van der Waals surface area (Å²) in [5, 5.41) is 8.49. The highest BCUT2D eigenvalue weighted by Gasteiger charge is 2.37. The van der Waals surface area contributed by atoms with Crippen molar-refractivity contribution in [2.24, 2.45) is 0 Å². The van der Waals surface area contributed by atoms with Crippen LogP contribution in [0.1, 0.15) is 34.4 Å². The first kappa shape index (κ1) is 26.7. The summed E-state index contributed by atoms with van der Waals surface area (Å²) in [5.41, 5.74) is 8.90. The molecule has 0 unspecified atom stereocenters. The molecule has 6 rings (SSSR count). The third-order valence-corrected chi connectivity index (χ3v) is 7.39. The van der Waals surface area contributed by atoms with Gasteiger partial charge in [0.15, 0.2) is 0 Å². The van der Waals surface area contributed by atoms with Gasteiger partial charge in [0.05, 0.1) is 29.6 Å². The zero-order valence-electron chi connectivity index (χ0n) is 22.8. The molecular formula is C32H29F3N6. The van der Waals surface area contributed by atoms with Gasteiger partial charge in [-0.2, -0.15) is 5.10 Å². The van der Waals surface area contributed by atoms with Crippen molar-refractivity contribution in [1.29, 1.82) is 0 Å². The Balaban J connectivity index is 1.34. The highest BCUT2D eigenvalue weighted by molar-refractivity contribution is 5.95. The summed E-state index contributed by atoms with van der Waals surface area (Å²) in [6.45, 7) is 8.23. The molecule has 9 heteroatoms. The van der Waals surface area contributed by atoms with E-state index in [9.17, 15) is 13.2 Å². The molecule has 0 atom stereocenters. The number of fused-ring (bicyclic) bond motifs is 1. The number of likely N-dealkylation sites (tertiary alicyclic amines) is 1. The number of hydrogen-bond acceptors (Lipinski definition) is 4. The molecule has 0 saturated carbocycles. The van der Waals surface area contributed by atoms with E-state index >= 15 is 0 Å². The fraction of sp³-hybridized carbons (Fsp3) is 0.219. The van der Waals surface area contributed by atoms with Crippen molar-refractivity contribution in [3.05, 3.63) is 107 Å². The van der Waals surface area contributed by atoms with Gasteiger partial charge >= 0.3 is 0 Å². The fourth-order valence-corrected chi connectivity index (χ4v) is 5.51. The standard InChI is InChI=1S/C32H29F3N6/c1-4-5-25(22-8-19(2)9-24(33)11-22)26-12-29(38-20(26)3)31-27-13-28(37-16-30(27)39-40-31)23-10-21(14-36-15-23)17-41-7-6-32(34,35)18-41/h4-5,8-16,38H,1,6-7,17-18H2,2-3H3,(H,39,40)/b25-5-. The Morgan fingerprint density at radius 3 is 2.71 bits per heavy atom. The maximum absolute atomic E-state index is 14.3. The van der Waals surface area contributed by atoms with Gasteiger partial charge in [-0.15, -0.1) is 0 Å². The minimum atomic E-state index is -2.64. The second kappa shape index (κ2) is 10.5. The molecule has 5 heterocycles. The van der Waals surface area contributed by atoms with E-state index in [1.54, 1.807) is 29.6 Å². The molecule has 0 amide bonds. The molecule has 1 aliphatic rings. The molecule has 5 aromatic rings. The molecule has 2 N–H and O–H groups in total. The minimum Gasteiger partial charge on any atom is -0.357 e. The molecule has 208 valence electrons. The summed E-state index contributed by atoms with van der Waals surface area (Å²) in [7, 11) is 0. The Bertz CT molecular complexity index is 1780. The fourth-order valence-electron chi connectivity index (χ4n) is 5.51. The molecule has 0 bridgehead atoms. The number of hydrogen-bond donors (Lipinski definition) is 2. The predicted octanol–water partition coefficient (Wildman–Crippen LogP) is 7.23. The number of alkyl halides is 2. The third-order valence-electron chi connectivity index (χ3n) is 7.39. The zero-order valence-corrected chi connectivity index (χ0v) is 22.8. The van der Waals surface area contributed by atoms with E-state index in [0.29, 0.717) is 18.8 Å².